The third-order valence-electron chi connectivity index (χ3n) is 3.59. The fraction of sp³-hybridized carbons (Fsp3) is 0.222. The highest BCUT2D eigenvalue weighted by atomic mass is 32.2. The van der Waals surface area contributed by atoms with Gasteiger partial charge in [0.25, 0.3) is 21.8 Å². The van der Waals surface area contributed by atoms with Crippen LogP contribution in [0.25, 0.3) is 0 Å². The number of hydrogen-bond donors (Lipinski definition) is 2. The summed E-state index contributed by atoms with van der Waals surface area (Å²) in [5.74, 6) is -0.0722. The second-order valence-electron chi connectivity index (χ2n) is 5.87. The van der Waals surface area contributed by atoms with Crippen molar-refractivity contribution in [3.63, 3.8) is 0 Å². The molecule has 0 aromatic heterocycles. The van der Waals surface area contributed by atoms with E-state index in [-0.39, 0.29) is 23.0 Å². The van der Waals surface area contributed by atoms with Crippen molar-refractivity contribution in [2.45, 2.75) is 4.90 Å². The van der Waals surface area contributed by atoms with Crippen LogP contribution < -0.4 is 14.9 Å². The first kappa shape index (κ1) is 21.4. The highest BCUT2D eigenvalue weighted by molar-refractivity contribution is 7.89. The van der Waals surface area contributed by atoms with Gasteiger partial charge >= 0.3 is 0 Å². The summed E-state index contributed by atoms with van der Waals surface area (Å²) in [5.41, 5.74) is 0.808. The van der Waals surface area contributed by atoms with E-state index in [2.05, 4.69) is 10.2 Å². The molecule has 28 heavy (non-hydrogen) atoms. The van der Waals surface area contributed by atoms with E-state index in [4.69, 9.17) is 4.74 Å². The van der Waals surface area contributed by atoms with Crippen LogP contribution in [0.4, 0.5) is 5.69 Å². The zero-order valence-corrected chi connectivity index (χ0v) is 16.4. The predicted octanol–water partition coefficient (Wildman–Crippen LogP) is 1.25. The monoisotopic (exact) mass is 407 g/mol. The van der Waals surface area contributed by atoms with Crippen molar-refractivity contribution in [3.05, 3.63) is 54.1 Å². The fourth-order valence-electron chi connectivity index (χ4n) is 2.06. The molecule has 2 N–H and O–H groups in total. The number of nitrogens with one attached hydrogen (secondary N) is 2. The Balaban J connectivity index is 1.98. The molecule has 0 radical (unpaired) electrons. The molecule has 0 heterocycles. The Morgan fingerprint density at radius 3 is 2.14 bits per heavy atom. The number of carbonyl (C=O) groups excluding carboxylic acids is 2. The van der Waals surface area contributed by atoms with E-state index in [1.165, 1.54) is 36.3 Å². The van der Waals surface area contributed by atoms with E-state index in [1.54, 1.807) is 38.4 Å². The lowest BCUT2D eigenvalue weighted by Gasteiger charge is -2.12. The quantitative estimate of drug-likeness (QED) is 0.637. The van der Waals surface area contributed by atoms with E-state index in [9.17, 15) is 18.0 Å². The number of ether oxygens (including phenoxy) is 1. The molecule has 2 rings (SSSR count). The molecular formula is C18H21N3O6S. The maximum Gasteiger partial charge on any atom is 0.262 e. The lowest BCUT2D eigenvalue weighted by atomic mass is 10.2. The first-order valence-corrected chi connectivity index (χ1v) is 9.60. The van der Waals surface area contributed by atoms with Crippen LogP contribution in [-0.2, 0) is 19.7 Å². The SMILES string of the molecule is CONS(=O)(=O)c1ccc(C(=O)Nc2ccc(OCC(=O)N(C)C)cc2)cc1. The zero-order valence-electron chi connectivity index (χ0n) is 15.6. The van der Waals surface area contributed by atoms with Crippen molar-refractivity contribution in [1.29, 1.82) is 0 Å². The van der Waals surface area contributed by atoms with Gasteiger partial charge in [0.15, 0.2) is 6.61 Å². The third kappa shape index (κ3) is 5.78. The summed E-state index contributed by atoms with van der Waals surface area (Å²) in [6, 6.07) is 11.9. The maximum absolute atomic E-state index is 12.3. The molecule has 0 bridgehead atoms. The molecule has 0 fully saturated rings. The largest absolute Gasteiger partial charge is 0.484 e. The summed E-state index contributed by atoms with van der Waals surface area (Å²) in [5, 5.41) is 2.69. The Morgan fingerprint density at radius 1 is 1.00 bits per heavy atom. The number of amides is 2. The van der Waals surface area contributed by atoms with Crippen LogP contribution in [-0.4, -0.2) is 52.9 Å². The third-order valence-corrected chi connectivity index (χ3v) is 4.87. The van der Waals surface area contributed by atoms with Crippen LogP contribution in [0, 0.1) is 0 Å². The minimum Gasteiger partial charge on any atom is -0.484 e. The van der Waals surface area contributed by atoms with E-state index in [1.807, 2.05) is 4.89 Å². The molecule has 9 nitrogen and oxygen atoms in total. The lowest BCUT2D eigenvalue weighted by molar-refractivity contribution is -0.130. The Hall–Kier alpha value is -2.95. The van der Waals surface area contributed by atoms with E-state index in [0.717, 1.165) is 0 Å². The minimum absolute atomic E-state index is 0.0281. The van der Waals surface area contributed by atoms with Crippen LogP contribution in [0.15, 0.2) is 53.4 Å². The zero-order chi connectivity index (χ0) is 20.7. The summed E-state index contributed by atoms with van der Waals surface area (Å²) < 4.78 is 29.0. The second-order valence-corrected chi connectivity index (χ2v) is 7.52. The van der Waals surface area contributed by atoms with Crippen LogP contribution in [0.3, 0.4) is 0 Å². The Bertz CT molecular complexity index is 925. The average Bonchev–Trinajstić information content (AvgIpc) is 2.67. The van der Waals surface area contributed by atoms with Gasteiger partial charge in [0, 0.05) is 25.3 Å². The molecule has 150 valence electrons. The lowest BCUT2D eigenvalue weighted by Crippen LogP contribution is -2.27. The molecule has 0 aliphatic heterocycles. The van der Waals surface area contributed by atoms with Crippen molar-refractivity contribution in [3.8, 4) is 5.75 Å². The molecule has 0 saturated carbocycles. The Morgan fingerprint density at radius 2 is 1.61 bits per heavy atom. The number of likely N-dealkylation sites (N-methyl/N-ethyl adjacent to an activating group) is 1. The molecule has 0 aliphatic carbocycles. The first-order valence-electron chi connectivity index (χ1n) is 8.12. The van der Waals surface area contributed by atoms with E-state index in [0.29, 0.717) is 11.4 Å². The number of hydrogen-bond acceptors (Lipinski definition) is 6. The summed E-state index contributed by atoms with van der Waals surface area (Å²) in [4.78, 5) is 31.5. The Labute approximate surface area is 163 Å². The summed E-state index contributed by atoms with van der Waals surface area (Å²) in [7, 11) is 0.690. The van der Waals surface area contributed by atoms with E-state index < -0.39 is 15.9 Å². The molecule has 0 spiro atoms. The summed E-state index contributed by atoms with van der Waals surface area (Å²) >= 11 is 0. The maximum atomic E-state index is 12.3. The Kier molecular flexibility index (Phi) is 7.10. The van der Waals surface area contributed by atoms with Crippen molar-refractivity contribution < 1.29 is 27.6 Å². The van der Waals surface area contributed by atoms with Crippen LogP contribution in [0.2, 0.25) is 0 Å². The molecule has 10 heteroatoms. The molecular weight excluding hydrogens is 386 g/mol. The van der Waals surface area contributed by atoms with Crippen LogP contribution in [0.1, 0.15) is 10.4 Å². The minimum atomic E-state index is -3.78. The molecule has 2 aromatic rings. The number of anilines is 1. The number of rotatable bonds is 8. The van der Waals surface area contributed by atoms with Gasteiger partial charge in [0.1, 0.15) is 5.75 Å². The summed E-state index contributed by atoms with van der Waals surface area (Å²) in [6.45, 7) is -0.0775. The van der Waals surface area contributed by atoms with E-state index >= 15 is 0 Å². The predicted molar refractivity (Wildman–Crippen MR) is 102 cm³/mol. The highest BCUT2D eigenvalue weighted by Crippen LogP contribution is 2.17. The highest BCUT2D eigenvalue weighted by Gasteiger charge is 2.14. The first-order chi connectivity index (χ1) is 13.2. The van der Waals surface area contributed by atoms with Crippen LogP contribution >= 0.6 is 0 Å². The molecule has 2 aromatic carbocycles. The van der Waals surface area contributed by atoms with Crippen molar-refractivity contribution in [2.75, 3.05) is 33.1 Å². The fourth-order valence-corrected chi connectivity index (χ4v) is 2.87. The van der Waals surface area contributed by atoms with Gasteiger partial charge in [0.05, 0.1) is 12.0 Å². The van der Waals surface area contributed by atoms with Gasteiger partial charge < -0.3 is 15.0 Å². The van der Waals surface area contributed by atoms with Gasteiger partial charge in [-0.1, -0.05) is 4.89 Å². The number of sulfonamides is 1. The standard InChI is InChI=1S/C18H21N3O6S/c1-21(2)17(22)12-27-15-8-6-14(7-9-15)19-18(23)13-4-10-16(11-5-13)28(24,25)20-26-3/h4-11,20H,12H2,1-3H3,(H,19,23). The number of benzene rings is 2. The van der Waals surface area contributed by atoms with Gasteiger partial charge in [-0.15, -0.1) is 0 Å². The molecule has 2 amide bonds. The number of nitrogens with zero attached hydrogens (tertiary/aromatic N) is 1. The van der Waals surface area contributed by atoms with Gasteiger partial charge in [-0.25, -0.2) is 8.42 Å². The van der Waals surface area contributed by atoms with Crippen molar-refractivity contribution >= 4 is 27.5 Å². The second kappa shape index (κ2) is 9.31. The van der Waals surface area contributed by atoms with Crippen LogP contribution in [0.5, 0.6) is 5.75 Å². The summed E-state index contributed by atoms with van der Waals surface area (Å²) in [6.07, 6.45) is 0. The molecule has 0 saturated heterocycles. The van der Waals surface area contributed by atoms with Crippen molar-refractivity contribution in [2.24, 2.45) is 0 Å². The smallest absolute Gasteiger partial charge is 0.262 e. The van der Waals surface area contributed by atoms with Gasteiger partial charge in [-0.2, -0.15) is 0 Å². The topological polar surface area (TPSA) is 114 Å². The molecule has 0 unspecified atom stereocenters. The average molecular weight is 407 g/mol. The van der Waals surface area contributed by atoms with Gasteiger partial charge in [-0.05, 0) is 48.5 Å². The normalized spacial score (nSPS) is 11.0. The van der Waals surface area contributed by atoms with Crippen molar-refractivity contribution in [1.82, 2.24) is 9.79 Å². The molecule has 0 aliphatic rings. The van der Waals surface area contributed by atoms with Gasteiger partial charge in [-0.3, -0.25) is 14.4 Å². The molecule has 0 atom stereocenters. The van der Waals surface area contributed by atoms with Gasteiger partial charge in [0.2, 0.25) is 0 Å². The number of carbonyl (C=O) groups is 2.